The highest BCUT2D eigenvalue weighted by molar-refractivity contribution is 6.32. The number of rotatable bonds is 2. The first-order valence-corrected chi connectivity index (χ1v) is 5.64. The van der Waals surface area contributed by atoms with Crippen LogP contribution in [0.1, 0.15) is 5.56 Å². The summed E-state index contributed by atoms with van der Waals surface area (Å²) >= 11 is 5.90. The fraction of sp³-hybridized carbons (Fsp3) is 0.0769. The van der Waals surface area contributed by atoms with E-state index >= 15 is 0 Å². The van der Waals surface area contributed by atoms with Crippen LogP contribution in [0.25, 0.3) is 0 Å². The molecule has 2 aromatic rings. The van der Waals surface area contributed by atoms with Gasteiger partial charge in [-0.3, -0.25) is 0 Å². The first-order valence-electron chi connectivity index (χ1n) is 5.26. The van der Waals surface area contributed by atoms with Crippen molar-refractivity contribution < 1.29 is 17.9 Å². The second-order valence-electron chi connectivity index (χ2n) is 3.81. The summed E-state index contributed by atoms with van der Waals surface area (Å²) in [4.78, 5) is 0. The lowest BCUT2D eigenvalue weighted by Crippen LogP contribution is -2.04. The molecule has 0 aliphatic rings. The van der Waals surface area contributed by atoms with Crippen LogP contribution in [-0.4, -0.2) is 0 Å². The number of nitrogen functional groups attached to an aromatic ring is 1. The molecule has 0 saturated heterocycles. The highest BCUT2D eigenvalue weighted by atomic mass is 35.5. The van der Waals surface area contributed by atoms with Crippen molar-refractivity contribution in [3.8, 4) is 11.5 Å². The van der Waals surface area contributed by atoms with Crippen LogP contribution in [-0.2, 0) is 6.18 Å². The van der Waals surface area contributed by atoms with Gasteiger partial charge in [-0.1, -0.05) is 11.6 Å². The molecule has 0 aliphatic carbocycles. The van der Waals surface area contributed by atoms with E-state index in [2.05, 4.69) is 0 Å². The third kappa shape index (κ3) is 3.32. The van der Waals surface area contributed by atoms with Crippen LogP contribution >= 0.6 is 11.6 Å². The van der Waals surface area contributed by atoms with Gasteiger partial charge in [0.1, 0.15) is 11.5 Å². The third-order valence-electron chi connectivity index (χ3n) is 2.37. The summed E-state index contributed by atoms with van der Waals surface area (Å²) in [5.41, 5.74) is 5.27. The molecule has 2 nitrogen and oxygen atoms in total. The van der Waals surface area contributed by atoms with Gasteiger partial charge in [-0.05, 0) is 42.5 Å². The van der Waals surface area contributed by atoms with E-state index in [4.69, 9.17) is 22.1 Å². The molecule has 19 heavy (non-hydrogen) atoms. The first kappa shape index (κ1) is 13.5. The highest BCUT2D eigenvalue weighted by Crippen LogP contribution is 2.33. The Morgan fingerprint density at radius 3 is 2.16 bits per heavy atom. The fourth-order valence-corrected chi connectivity index (χ4v) is 1.67. The van der Waals surface area contributed by atoms with Gasteiger partial charge in [-0.25, -0.2) is 0 Å². The molecule has 0 unspecified atom stereocenters. The molecule has 0 aliphatic heterocycles. The van der Waals surface area contributed by atoms with Gasteiger partial charge in [0, 0.05) is 5.69 Å². The zero-order valence-corrected chi connectivity index (χ0v) is 10.3. The van der Waals surface area contributed by atoms with E-state index in [1.165, 1.54) is 18.2 Å². The van der Waals surface area contributed by atoms with E-state index in [0.717, 1.165) is 12.1 Å². The van der Waals surface area contributed by atoms with Crippen molar-refractivity contribution >= 4 is 17.3 Å². The molecule has 0 radical (unpaired) electrons. The Morgan fingerprint density at radius 1 is 1.00 bits per heavy atom. The number of nitrogens with two attached hydrogens (primary N) is 1. The van der Waals surface area contributed by atoms with E-state index in [1.54, 1.807) is 12.1 Å². The van der Waals surface area contributed by atoms with E-state index in [9.17, 15) is 13.2 Å². The maximum absolute atomic E-state index is 12.4. The molecule has 0 spiro atoms. The van der Waals surface area contributed by atoms with Crippen molar-refractivity contribution in [3.05, 3.63) is 53.1 Å². The molecular formula is C13H9ClF3NO. The van der Waals surface area contributed by atoms with Gasteiger partial charge in [0.15, 0.2) is 0 Å². The Bertz CT molecular complexity index is 581. The maximum atomic E-state index is 12.4. The molecular weight excluding hydrogens is 279 g/mol. The highest BCUT2D eigenvalue weighted by Gasteiger charge is 2.30. The van der Waals surface area contributed by atoms with Gasteiger partial charge in [0.05, 0.1) is 10.6 Å². The average molecular weight is 288 g/mol. The third-order valence-corrected chi connectivity index (χ3v) is 2.66. The van der Waals surface area contributed by atoms with E-state index < -0.39 is 11.7 Å². The normalized spacial score (nSPS) is 11.4. The number of benzene rings is 2. The fourth-order valence-electron chi connectivity index (χ4n) is 1.44. The van der Waals surface area contributed by atoms with Gasteiger partial charge in [-0.15, -0.1) is 0 Å². The molecule has 0 saturated carbocycles. The Kier molecular flexibility index (Phi) is 3.57. The van der Waals surface area contributed by atoms with Crippen LogP contribution in [0.3, 0.4) is 0 Å². The predicted octanol–water partition coefficient (Wildman–Crippen LogP) is 4.73. The number of hydrogen-bond acceptors (Lipinski definition) is 2. The molecule has 2 N–H and O–H groups in total. The molecule has 2 rings (SSSR count). The number of ether oxygens (including phenoxy) is 1. The lowest BCUT2D eigenvalue weighted by atomic mass is 10.2. The zero-order chi connectivity index (χ0) is 14.0. The van der Waals surface area contributed by atoms with Gasteiger partial charge in [0.2, 0.25) is 0 Å². The number of alkyl halides is 3. The van der Waals surface area contributed by atoms with Crippen LogP contribution < -0.4 is 10.5 Å². The van der Waals surface area contributed by atoms with Gasteiger partial charge in [-0.2, -0.15) is 13.2 Å². The van der Waals surface area contributed by atoms with E-state index in [0.29, 0.717) is 16.5 Å². The Labute approximate surface area is 112 Å². The molecule has 0 amide bonds. The van der Waals surface area contributed by atoms with Crippen LogP contribution in [0, 0.1) is 0 Å². The van der Waals surface area contributed by atoms with Gasteiger partial charge < -0.3 is 10.5 Å². The summed E-state index contributed by atoms with van der Waals surface area (Å²) in [5.74, 6) is 0.593. The molecule has 0 atom stereocenters. The average Bonchev–Trinajstić information content (AvgIpc) is 2.32. The summed E-state index contributed by atoms with van der Waals surface area (Å²) in [5, 5.41) is 0.292. The molecule has 6 heteroatoms. The predicted molar refractivity (Wildman–Crippen MR) is 67.4 cm³/mol. The monoisotopic (exact) mass is 287 g/mol. The number of hydrogen-bond donors (Lipinski definition) is 1. The Hall–Kier alpha value is -1.88. The quantitative estimate of drug-likeness (QED) is 0.810. The summed E-state index contributed by atoms with van der Waals surface area (Å²) in [6, 6.07) is 8.99. The maximum Gasteiger partial charge on any atom is 0.416 e. The number of halogens is 4. The second kappa shape index (κ2) is 5.01. The first-order chi connectivity index (χ1) is 8.86. The SMILES string of the molecule is Nc1ccc(Oc2ccc(C(F)(F)F)cc2)c(Cl)c1. The van der Waals surface area contributed by atoms with Crippen LogP contribution in [0.15, 0.2) is 42.5 Å². The van der Waals surface area contributed by atoms with Gasteiger partial charge in [0.25, 0.3) is 0 Å². The zero-order valence-electron chi connectivity index (χ0n) is 9.54. The molecule has 0 fully saturated rings. The summed E-state index contributed by atoms with van der Waals surface area (Å²) in [6.45, 7) is 0. The minimum Gasteiger partial charge on any atom is -0.456 e. The largest absolute Gasteiger partial charge is 0.456 e. The second-order valence-corrected chi connectivity index (χ2v) is 4.22. The number of anilines is 1. The minimum atomic E-state index is -4.36. The summed E-state index contributed by atoms with van der Waals surface area (Å²) < 4.78 is 42.5. The van der Waals surface area contributed by atoms with E-state index in [-0.39, 0.29) is 5.75 Å². The van der Waals surface area contributed by atoms with Gasteiger partial charge >= 0.3 is 6.18 Å². The minimum absolute atomic E-state index is 0.264. The van der Waals surface area contributed by atoms with Crippen molar-refractivity contribution in [3.63, 3.8) is 0 Å². The van der Waals surface area contributed by atoms with Crippen molar-refractivity contribution in [2.75, 3.05) is 5.73 Å². The molecule has 2 aromatic carbocycles. The van der Waals surface area contributed by atoms with Crippen LogP contribution in [0.2, 0.25) is 5.02 Å². The smallest absolute Gasteiger partial charge is 0.416 e. The van der Waals surface area contributed by atoms with E-state index in [1.807, 2.05) is 0 Å². The standard InChI is InChI=1S/C13H9ClF3NO/c14-11-7-9(18)3-6-12(11)19-10-4-1-8(2-5-10)13(15,16)17/h1-7H,18H2. The molecule has 100 valence electrons. The lowest BCUT2D eigenvalue weighted by Gasteiger charge is -2.10. The van der Waals surface area contributed by atoms with Crippen molar-refractivity contribution in [1.82, 2.24) is 0 Å². The summed E-state index contributed by atoms with van der Waals surface area (Å²) in [6.07, 6.45) is -4.36. The topological polar surface area (TPSA) is 35.2 Å². The Balaban J connectivity index is 2.20. The van der Waals surface area contributed by atoms with Crippen LogP contribution in [0.5, 0.6) is 11.5 Å². The molecule has 0 aromatic heterocycles. The van der Waals surface area contributed by atoms with Crippen LogP contribution in [0.4, 0.5) is 18.9 Å². The Morgan fingerprint density at radius 2 is 1.63 bits per heavy atom. The molecule has 0 bridgehead atoms. The molecule has 0 heterocycles. The van der Waals surface area contributed by atoms with Crippen molar-refractivity contribution in [2.24, 2.45) is 0 Å². The van der Waals surface area contributed by atoms with Crippen molar-refractivity contribution in [2.45, 2.75) is 6.18 Å². The lowest BCUT2D eigenvalue weighted by molar-refractivity contribution is -0.137. The summed E-state index contributed by atoms with van der Waals surface area (Å²) in [7, 11) is 0. The van der Waals surface area contributed by atoms with Crippen molar-refractivity contribution in [1.29, 1.82) is 0 Å².